The van der Waals surface area contributed by atoms with Crippen LogP contribution in [0.2, 0.25) is 0 Å². The van der Waals surface area contributed by atoms with Crippen molar-refractivity contribution >= 4 is 11.9 Å². The number of carbonyl (C=O) groups excluding carboxylic acids is 2. The predicted octanol–water partition coefficient (Wildman–Crippen LogP) is 5.02. The van der Waals surface area contributed by atoms with Gasteiger partial charge in [-0.2, -0.15) is 0 Å². The van der Waals surface area contributed by atoms with Gasteiger partial charge in [0.15, 0.2) is 0 Å². The maximum Gasteiger partial charge on any atom is 0.317 e. The van der Waals surface area contributed by atoms with Crippen molar-refractivity contribution in [3.05, 3.63) is 0 Å². The molecule has 0 spiro atoms. The molecule has 1 saturated heterocycles. The van der Waals surface area contributed by atoms with Crippen molar-refractivity contribution in [2.24, 2.45) is 11.8 Å². The minimum atomic E-state index is -0.331. The van der Waals surface area contributed by atoms with Crippen molar-refractivity contribution in [2.45, 2.75) is 90.9 Å². The number of carbonyl (C=O) groups is 2. The molecule has 2 atom stereocenters. The van der Waals surface area contributed by atoms with Gasteiger partial charge in [0.2, 0.25) is 0 Å². The molecule has 1 heterocycles. The molecule has 1 aliphatic heterocycles. The third kappa shape index (κ3) is 7.10. The van der Waals surface area contributed by atoms with E-state index in [1.54, 1.807) is 0 Å². The van der Waals surface area contributed by atoms with Crippen LogP contribution in [0.5, 0.6) is 0 Å². The fourth-order valence-electron chi connectivity index (χ4n) is 3.31. The maximum atomic E-state index is 11.7. The van der Waals surface area contributed by atoms with Gasteiger partial charge in [-0.1, -0.05) is 71.6 Å². The lowest BCUT2D eigenvalue weighted by molar-refractivity contribution is -0.153. The number of unbranched alkanes of at least 4 members (excludes halogenated alkanes) is 7. The zero-order valence-corrected chi connectivity index (χ0v) is 13.9. The second kappa shape index (κ2) is 10.8. The Morgan fingerprint density at radius 2 is 1.52 bits per heavy atom. The van der Waals surface area contributed by atoms with E-state index in [4.69, 9.17) is 4.74 Å². The van der Waals surface area contributed by atoms with E-state index >= 15 is 0 Å². The highest BCUT2D eigenvalue weighted by atomic mass is 16.6. The Morgan fingerprint density at radius 1 is 0.905 bits per heavy atom. The quantitative estimate of drug-likeness (QED) is 0.288. The molecule has 1 rings (SSSR count). The lowest BCUT2D eigenvalue weighted by Crippen LogP contribution is -2.19. The number of hydrogen-bond donors (Lipinski definition) is 0. The first-order chi connectivity index (χ1) is 10.2. The zero-order valence-electron chi connectivity index (χ0n) is 13.9. The van der Waals surface area contributed by atoms with Crippen LogP contribution < -0.4 is 0 Å². The molecule has 3 heteroatoms. The minimum absolute atomic E-state index is 0.165. The van der Waals surface area contributed by atoms with E-state index in [-0.39, 0.29) is 17.9 Å². The smallest absolute Gasteiger partial charge is 0.317 e. The van der Waals surface area contributed by atoms with Crippen LogP contribution in [0.4, 0.5) is 0 Å². The Hall–Kier alpha value is -0.860. The van der Waals surface area contributed by atoms with Crippen LogP contribution >= 0.6 is 0 Å². The van der Waals surface area contributed by atoms with Crippen molar-refractivity contribution in [2.75, 3.05) is 0 Å². The van der Waals surface area contributed by atoms with E-state index < -0.39 is 0 Å². The van der Waals surface area contributed by atoms with Crippen LogP contribution in [0.1, 0.15) is 90.9 Å². The first-order valence-corrected chi connectivity index (χ1v) is 8.93. The molecule has 21 heavy (non-hydrogen) atoms. The van der Waals surface area contributed by atoms with E-state index in [0.29, 0.717) is 12.3 Å². The first kappa shape index (κ1) is 18.2. The highest BCUT2D eigenvalue weighted by Gasteiger charge is 2.38. The average Bonchev–Trinajstić information content (AvgIpc) is 2.79. The molecule has 0 aromatic carbocycles. The summed E-state index contributed by atoms with van der Waals surface area (Å²) in [6.45, 7) is 4.38. The van der Waals surface area contributed by atoms with Crippen molar-refractivity contribution < 1.29 is 14.3 Å². The van der Waals surface area contributed by atoms with Crippen molar-refractivity contribution in [3.63, 3.8) is 0 Å². The molecular weight excluding hydrogens is 264 g/mol. The van der Waals surface area contributed by atoms with Gasteiger partial charge in [0.25, 0.3) is 0 Å². The molecule has 0 amide bonds. The normalized spacial score (nSPS) is 19.8. The van der Waals surface area contributed by atoms with E-state index in [1.807, 2.05) is 0 Å². The molecule has 1 aliphatic rings. The monoisotopic (exact) mass is 296 g/mol. The van der Waals surface area contributed by atoms with Gasteiger partial charge in [0.1, 0.15) is 0 Å². The molecule has 1 fully saturated rings. The van der Waals surface area contributed by atoms with Gasteiger partial charge < -0.3 is 4.74 Å². The number of cyclic esters (lactones) is 2. The summed E-state index contributed by atoms with van der Waals surface area (Å²) in [5.74, 6) is -0.434. The summed E-state index contributed by atoms with van der Waals surface area (Å²) in [4.78, 5) is 22.9. The lowest BCUT2D eigenvalue weighted by atomic mass is 9.83. The predicted molar refractivity (Wildman–Crippen MR) is 84.8 cm³/mol. The molecule has 3 nitrogen and oxygen atoms in total. The number of esters is 2. The third-order valence-corrected chi connectivity index (χ3v) is 4.56. The average molecular weight is 296 g/mol. The second-order valence-corrected chi connectivity index (χ2v) is 6.42. The highest BCUT2D eigenvalue weighted by molar-refractivity contribution is 5.94. The fourth-order valence-corrected chi connectivity index (χ4v) is 3.31. The molecule has 0 aromatic rings. The second-order valence-electron chi connectivity index (χ2n) is 6.42. The standard InChI is InChI=1S/C18H32O3/c1-3-5-6-7-8-9-10-11-13-15(12-4-2)16-14-17(19)21-18(16)20/h15-16H,3-14H2,1-2H3. The van der Waals surface area contributed by atoms with Gasteiger partial charge in [-0.25, -0.2) is 0 Å². The van der Waals surface area contributed by atoms with Gasteiger partial charge in [-0.3, -0.25) is 9.59 Å². The van der Waals surface area contributed by atoms with Crippen molar-refractivity contribution in [1.82, 2.24) is 0 Å². The highest BCUT2D eigenvalue weighted by Crippen LogP contribution is 2.31. The molecule has 0 bridgehead atoms. The summed E-state index contributed by atoms with van der Waals surface area (Å²) < 4.78 is 4.71. The largest absolute Gasteiger partial charge is 0.393 e. The van der Waals surface area contributed by atoms with E-state index in [1.165, 1.54) is 51.4 Å². The zero-order chi connectivity index (χ0) is 15.5. The Balaban J connectivity index is 2.17. The van der Waals surface area contributed by atoms with Crippen LogP contribution in [0.25, 0.3) is 0 Å². The molecule has 0 saturated carbocycles. The fraction of sp³-hybridized carbons (Fsp3) is 0.889. The number of rotatable bonds is 12. The third-order valence-electron chi connectivity index (χ3n) is 4.56. The Morgan fingerprint density at radius 3 is 2.05 bits per heavy atom. The minimum Gasteiger partial charge on any atom is -0.393 e. The lowest BCUT2D eigenvalue weighted by Gasteiger charge is -2.19. The molecule has 0 aromatic heterocycles. The summed E-state index contributed by atoms with van der Waals surface area (Å²) in [6, 6.07) is 0. The van der Waals surface area contributed by atoms with Crippen LogP contribution in [-0.4, -0.2) is 11.9 Å². The topological polar surface area (TPSA) is 43.4 Å². The summed E-state index contributed by atoms with van der Waals surface area (Å²) >= 11 is 0. The maximum absolute atomic E-state index is 11.7. The molecule has 0 radical (unpaired) electrons. The van der Waals surface area contributed by atoms with E-state index in [9.17, 15) is 9.59 Å². The van der Waals surface area contributed by atoms with Gasteiger partial charge in [0.05, 0.1) is 12.3 Å². The molecule has 0 N–H and O–H groups in total. The van der Waals surface area contributed by atoms with Gasteiger partial charge >= 0.3 is 11.9 Å². The Labute approximate surface area is 129 Å². The molecule has 2 unspecified atom stereocenters. The Kier molecular flexibility index (Phi) is 9.36. The Bertz CT molecular complexity index is 312. The molecule has 0 aliphatic carbocycles. The summed E-state index contributed by atoms with van der Waals surface area (Å²) in [6.07, 6.45) is 13.9. The van der Waals surface area contributed by atoms with Crippen molar-refractivity contribution in [3.8, 4) is 0 Å². The van der Waals surface area contributed by atoms with Crippen LogP contribution in [-0.2, 0) is 14.3 Å². The first-order valence-electron chi connectivity index (χ1n) is 8.93. The van der Waals surface area contributed by atoms with Gasteiger partial charge in [-0.05, 0) is 18.8 Å². The van der Waals surface area contributed by atoms with Gasteiger partial charge in [0, 0.05) is 0 Å². The van der Waals surface area contributed by atoms with Crippen molar-refractivity contribution in [1.29, 1.82) is 0 Å². The van der Waals surface area contributed by atoms with Crippen LogP contribution in [0.3, 0.4) is 0 Å². The summed E-state index contributed by atoms with van der Waals surface area (Å²) in [5, 5.41) is 0. The van der Waals surface area contributed by atoms with E-state index in [0.717, 1.165) is 19.3 Å². The summed E-state index contributed by atoms with van der Waals surface area (Å²) in [5.41, 5.74) is 0. The summed E-state index contributed by atoms with van der Waals surface area (Å²) in [7, 11) is 0. The van der Waals surface area contributed by atoms with Crippen LogP contribution in [0, 0.1) is 11.8 Å². The molecular formula is C18H32O3. The van der Waals surface area contributed by atoms with Gasteiger partial charge in [-0.15, -0.1) is 0 Å². The SMILES string of the molecule is CCCCCCCCCCC(CCC)C1CC(=O)OC1=O. The van der Waals surface area contributed by atoms with E-state index in [2.05, 4.69) is 13.8 Å². The van der Waals surface area contributed by atoms with Crippen LogP contribution in [0.15, 0.2) is 0 Å². The number of hydrogen-bond acceptors (Lipinski definition) is 3. The number of ether oxygens (including phenoxy) is 1. The molecule has 122 valence electrons.